The summed E-state index contributed by atoms with van der Waals surface area (Å²) >= 11 is 13.3. The van der Waals surface area contributed by atoms with Gasteiger partial charge in [0.1, 0.15) is 5.75 Å². The molecule has 0 radical (unpaired) electrons. The highest BCUT2D eigenvalue weighted by atomic mass is 35.5. The number of anilines is 1. The maximum atomic E-state index is 13.0. The molecule has 2 N–H and O–H groups in total. The number of aromatic carboxylic acids is 1. The summed E-state index contributed by atoms with van der Waals surface area (Å²) < 4.78 is 10.1. The molecular formula is C39H41Cl2N5O4. The Morgan fingerprint density at radius 2 is 1.76 bits per heavy atom. The molecule has 0 unspecified atom stereocenters. The van der Waals surface area contributed by atoms with E-state index in [1.807, 2.05) is 82.9 Å². The Morgan fingerprint density at radius 1 is 1.02 bits per heavy atom. The van der Waals surface area contributed by atoms with Crippen molar-refractivity contribution >= 4 is 63.0 Å². The SMILES string of the molecule is Cc1cc(OCCCc2c(C=O)n(CCCN(C)c3cn(C)c4c(C(=O)O)cccc34)c3c(-c4c(C)n[nH]c4C)c(Cl)ccc23)cc(C)c1Cl. The van der Waals surface area contributed by atoms with Crippen LogP contribution in [0.3, 0.4) is 0 Å². The van der Waals surface area contributed by atoms with Crippen molar-refractivity contribution in [2.24, 2.45) is 7.05 Å². The zero-order chi connectivity index (χ0) is 35.9. The summed E-state index contributed by atoms with van der Waals surface area (Å²) in [5.74, 6) is -0.182. The van der Waals surface area contributed by atoms with Gasteiger partial charge in [-0.3, -0.25) is 9.89 Å². The normalized spacial score (nSPS) is 11.5. The number of carbonyl (C=O) groups excluding carboxylic acids is 1. The Morgan fingerprint density at radius 3 is 2.42 bits per heavy atom. The first-order chi connectivity index (χ1) is 23.9. The predicted molar refractivity (Wildman–Crippen MR) is 202 cm³/mol. The molecule has 11 heteroatoms. The van der Waals surface area contributed by atoms with E-state index < -0.39 is 5.97 Å². The number of aryl methyl sites for hydroxylation is 7. The van der Waals surface area contributed by atoms with Gasteiger partial charge in [-0.25, -0.2) is 4.79 Å². The molecule has 0 fully saturated rings. The molecular weight excluding hydrogens is 673 g/mol. The summed E-state index contributed by atoms with van der Waals surface area (Å²) in [6, 6.07) is 13.2. The minimum atomic E-state index is -0.956. The van der Waals surface area contributed by atoms with Crippen molar-refractivity contribution in [1.82, 2.24) is 19.3 Å². The van der Waals surface area contributed by atoms with Gasteiger partial charge >= 0.3 is 5.97 Å². The van der Waals surface area contributed by atoms with Gasteiger partial charge in [0, 0.05) is 66.0 Å². The van der Waals surface area contributed by atoms with Crippen LogP contribution < -0.4 is 9.64 Å². The second-order valence-electron chi connectivity index (χ2n) is 13.0. The van der Waals surface area contributed by atoms with Crippen molar-refractivity contribution in [1.29, 1.82) is 0 Å². The Labute approximate surface area is 301 Å². The highest BCUT2D eigenvalue weighted by molar-refractivity contribution is 6.35. The van der Waals surface area contributed by atoms with Gasteiger partial charge in [0.15, 0.2) is 6.29 Å². The van der Waals surface area contributed by atoms with Crippen molar-refractivity contribution in [2.75, 3.05) is 25.1 Å². The zero-order valence-corrected chi connectivity index (χ0v) is 30.7. The minimum Gasteiger partial charge on any atom is -0.494 e. The molecule has 0 aliphatic heterocycles. The molecule has 6 rings (SSSR count). The van der Waals surface area contributed by atoms with E-state index in [4.69, 9.17) is 27.9 Å². The minimum absolute atomic E-state index is 0.268. The summed E-state index contributed by atoms with van der Waals surface area (Å²) in [6.45, 7) is 9.57. The van der Waals surface area contributed by atoms with Crippen LogP contribution in [0.25, 0.3) is 32.9 Å². The van der Waals surface area contributed by atoms with Crippen LogP contribution >= 0.6 is 23.2 Å². The number of hydrogen-bond donors (Lipinski definition) is 2. The fraction of sp³-hybridized carbons (Fsp3) is 0.308. The van der Waals surface area contributed by atoms with Gasteiger partial charge in [-0.2, -0.15) is 5.10 Å². The smallest absolute Gasteiger partial charge is 0.337 e. The lowest BCUT2D eigenvalue weighted by atomic mass is 9.98. The third-order valence-electron chi connectivity index (χ3n) is 9.56. The second-order valence-corrected chi connectivity index (χ2v) is 13.8. The number of para-hydroxylation sites is 1. The quantitative estimate of drug-likeness (QED) is 0.0914. The molecule has 9 nitrogen and oxygen atoms in total. The molecule has 3 heterocycles. The predicted octanol–water partition coefficient (Wildman–Crippen LogP) is 9.11. The number of nitrogens with zero attached hydrogens (tertiary/aromatic N) is 4. The first kappa shape index (κ1) is 35.1. The summed E-state index contributed by atoms with van der Waals surface area (Å²) in [5, 5.41) is 20.5. The average Bonchev–Trinajstić information content (AvgIpc) is 3.71. The third kappa shape index (κ3) is 6.36. The molecule has 0 amide bonds. The van der Waals surface area contributed by atoms with E-state index in [2.05, 4.69) is 19.7 Å². The number of ether oxygens (including phenoxy) is 1. The van der Waals surface area contributed by atoms with E-state index in [0.29, 0.717) is 55.2 Å². The first-order valence-corrected chi connectivity index (χ1v) is 17.4. The number of carbonyl (C=O) groups is 2. The molecule has 0 saturated heterocycles. The molecule has 0 atom stereocenters. The van der Waals surface area contributed by atoms with Crippen molar-refractivity contribution in [3.63, 3.8) is 0 Å². The van der Waals surface area contributed by atoms with Gasteiger partial charge < -0.3 is 23.9 Å². The highest BCUT2D eigenvalue weighted by Gasteiger charge is 2.25. The van der Waals surface area contributed by atoms with Crippen LogP contribution in [0.15, 0.2) is 48.7 Å². The van der Waals surface area contributed by atoms with E-state index >= 15 is 0 Å². The molecule has 0 saturated carbocycles. The van der Waals surface area contributed by atoms with Gasteiger partial charge in [0.05, 0.1) is 45.3 Å². The van der Waals surface area contributed by atoms with E-state index in [0.717, 1.165) is 78.2 Å². The van der Waals surface area contributed by atoms with E-state index in [1.165, 1.54) is 0 Å². The molecule has 3 aromatic heterocycles. The van der Waals surface area contributed by atoms with Crippen molar-refractivity contribution in [3.8, 4) is 16.9 Å². The number of benzene rings is 3. The maximum Gasteiger partial charge on any atom is 0.337 e. The molecule has 50 heavy (non-hydrogen) atoms. The summed E-state index contributed by atoms with van der Waals surface area (Å²) in [6.07, 6.45) is 4.97. The molecule has 0 spiro atoms. The van der Waals surface area contributed by atoms with E-state index in [-0.39, 0.29) is 5.56 Å². The summed E-state index contributed by atoms with van der Waals surface area (Å²) in [4.78, 5) is 27.0. The van der Waals surface area contributed by atoms with Crippen LogP contribution in [-0.4, -0.2) is 56.9 Å². The number of H-pyrrole nitrogens is 1. The highest BCUT2D eigenvalue weighted by Crippen LogP contribution is 2.41. The van der Waals surface area contributed by atoms with Gasteiger partial charge in [-0.1, -0.05) is 41.4 Å². The molecule has 0 aliphatic carbocycles. The number of carboxylic acids is 1. The Bertz CT molecular complexity index is 2220. The number of halogens is 2. The van der Waals surface area contributed by atoms with Crippen LogP contribution in [0.2, 0.25) is 10.0 Å². The third-order valence-corrected chi connectivity index (χ3v) is 10.5. The standard InChI is InChI=1S/C39H41Cl2N5O4/c1-22-18-26(19-23(2)36(22)41)50-17-8-12-27-28-13-14-31(40)35(34-24(3)42-43-25(34)4)38(28)46(33(27)21-47)16-9-15-44(5)32-20-45(6)37-29(32)10-7-11-30(37)39(48)49/h7,10-11,13-14,18-21H,8-9,12,15-17H2,1-6H3,(H,42,43)(H,48,49). The van der Waals surface area contributed by atoms with E-state index in [1.54, 1.807) is 12.1 Å². The number of rotatable bonds is 13. The van der Waals surface area contributed by atoms with Gasteiger partial charge in [0.25, 0.3) is 0 Å². The number of aldehydes is 1. The molecule has 0 bridgehead atoms. The summed E-state index contributed by atoms with van der Waals surface area (Å²) in [5.41, 5.74) is 9.85. The van der Waals surface area contributed by atoms with Crippen LogP contribution in [0, 0.1) is 27.7 Å². The zero-order valence-electron chi connectivity index (χ0n) is 29.2. The van der Waals surface area contributed by atoms with Gasteiger partial charge in [-0.05, 0) is 87.9 Å². The van der Waals surface area contributed by atoms with Gasteiger partial charge in [0.2, 0.25) is 0 Å². The number of fused-ring (bicyclic) bond motifs is 2. The maximum absolute atomic E-state index is 13.0. The number of aromatic amines is 1. The van der Waals surface area contributed by atoms with Crippen LogP contribution in [0.4, 0.5) is 5.69 Å². The summed E-state index contributed by atoms with van der Waals surface area (Å²) in [7, 11) is 3.87. The first-order valence-electron chi connectivity index (χ1n) is 16.7. The Balaban J connectivity index is 1.33. The van der Waals surface area contributed by atoms with Crippen molar-refractivity contribution in [2.45, 2.75) is 53.5 Å². The number of carboxylic acid groups (broad SMARTS) is 1. The van der Waals surface area contributed by atoms with Crippen LogP contribution in [0.5, 0.6) is 5.75 Å². The van der Waals surface area contributed by atoms with E-state index in [9.17, 15) is 14.7 Å². The molecule has 260 valence electrons. The molecule has 3 aromatic carbocycles. The van der Waals surface area contributed by atoms with Gasteiger partial charge in [-0.15, -0.1) is 0 Å². The number of nitrogens with one attached hydrogen (secondary N) is 1. The lowest BCUT2D eigenvalue weighted by molar-refractivity contribution is 0.0698. The van der Waals surface area contributed by atoms with Crippen molar-refractivity contribution in [3.05, 3.63) is 98.0 Å². The fourth-order valence-electron chi connectivity index (χ4n) is 7.24. The fourth-order valence-corrected chi connectivity index (χ4v) is 7.59. The Kier molecular flexibility index (Phi) is 10.0. The topological polar surface area (TPSA) is 105 Å². The second kappa shape index (κ2) is 14.2. The Hall–Kier alpha value is -4.73. The monoisotopic (exact) mass is 713 g/mol. The van der Waals surface area contributed by atoms with Crippen LogP contribution in [0.1, 0.15) is 61.8 Å². The molecule has 0 aliphatic rings. The number of hydrogen-bond acceptors (Lipinski definition) is 5. The lowest BCUT2D eigenvalue weighted by Crippen LogP contribution is -2.20. The largest absolute Gasteiger partial charge is 0.494 e. The van der Waals surface area contributed by atoms with Crippen LogP contribution in [-0.2, 0) is 20.0 Å². The number of aromatic nitrogens is 4. The molecule has 6 aromatic rings. The average molecular weight is 715 g/mol. The van der Waals surface area contributed by atoms with Crippen molar-refractivity contribution < 1.29 is 19.4 Å². The lowest BCUT2D eigenvalue weighted by Gasteiger charge is -2.20.